The maximum atomic E-state index is 11.8. The van der Waals surface area contributed by atoms with Crippen LogP contribution in [0.1, 0.15) is 24.7 Å². The third kappa shape index (κ3) is 3.39. The normalized spacial score (nSPS) is 10.9. The second kappa shape index (κ2) is 6.60. The molecule has 5 heteroatoms. The number of carbonyl (C=O) groups is 1. The van der Waals surface area contributed by atoms with Gasteiger partial charge in [-0.3, -0.25) is 4.79 Å². The van der Waals surface area contributed by atoms with Crippen LogP contribution in [-0.4, -0.2) is 27.2 Å². The molecule has 2 aromatic heterocycles. The van der Waals surface area contributed by atoms with Crippen molar-refractivity contribution in [2.45, 2.75) is 26.7 Å². The fourth-order valence-corrected chi connectivity index (χ4v) is 2.45. The summed E-state index contributed by atoms with van der Waals surface area (Å²) in [5.74, 6) is -0.245. The Kier molecular flexibility index (Phi) is 4.37. The highest BCUT2D eigenvalue weighted by molar-refractivity contribution is 5.72. The summed E-state index contributed by atoms with van der Waals surface area (Å²) in [6.45, 7) is 4.38. The quantitative estimate of drug-likeness (QED) is 0.679. The first-order valence-corrected chi connectivity index (χ1v) is 7.74. The first-order chi connectivity index (χ1) is 11.2. The van der Waals surface area contributed by atoms with E-state index in [0.29, 0.717) is 12.3 Å². The van der Waals surface area contributed by atoms with E-state index in [1.54, 1.807) is 4.52 Å². The maximum Gasteiger partial charge on any atom is 0.311 e. The molecular weight excluding hydrogens is 290 g/mol. The Bertz CT molecular complexity index is 825. The number of aromatic nitrogens is 3. The van der Waals surface area contributed by atoms with Gasteiger partial charge >= 0.3 is 5.97 Å². The second-order valence-corrected chi connectivity index (χ2v) is 5.45. The fraction of sp³-hybridized carbons (Fsp3) is 0.278. The Hall–Kier alpha value is -2.69. The lowest BCUT2D eigenvalue weighted by atomic mass is 10.2. The molecule has 0 aliphatic heterocycles. The SMILES string of the molecule is CCCOC(=O)Cc1cc(C)n2nc(-c3ccccc3)cc2n1. The number of nitrogens with zero attached hydrogens (tertiary/aromatic N) is 3. The molecule has 3 aromatic rings. The van der Waals surface area contributed by atoms with Crippen LogP contribution in [-0.2, 0) is 16.0 Å². The van der Waals surface area contributed by atoms with Crippen molar-refractivity contribution in [2.24, 2.45) is 0 Å². The van der Waals surface area contributed by atoms with Crippen LogP contribution in [0.2, 0.25) is 0 Å². The highest BCUT2D eigenvalue weighted by atomic mass is 16.5. The van der Waals surface area contributed by atoms with Crippen LogP contribution < -0.4 is 0 Å². The molecule has 0 bridgehead atoms. The zero-order valence-electron chi connectivity index (χ0n) is 13.3. The van der Waals surface area contributed by atoms with Crippen LogP contribution in [0.5, 0.6) is 0 Å². The standard InChI is InChI=1S/C18H19N3O2/c1-3-9-23-18(22)11-15-10-13(2)21-17(19-15)12-16(20-21)14-7-5-4-6-8-14/h4-8,10,12H,3,9,11H2,1-2H3. The van der Waals surface area contributed by atoms with Crippen LogP contribution >= 0.6 is 0 Å². The first kappa shape index (κ1) is 15.2. The van der Waals surface area contributed by atoms with Gasteiger partial charge in [0.05, 0.1) is 24.4 Å². The predicted octanol–water partition coefficient (Wildman–Crippen LogP) is 3.20. The molecule has 1 aromatic carbocycles. The summed E-state index contributed by atoms with van der Waals surface area (Å²) in [5, 5.41) is 4.59. The minimum atomic E-state index is -0.245. The van der Waals surface area contributed by atoms with Crippen molar-refractivity contribution >= 4 is 11.6 Å². The van der Waals surface area contributed by atoms with Crippen molar-refractivity contribution in [1.82, 2.24) is 14.6 Å². The molecule has 0 atom stereocenters. The van der Waals surface area contributed by atoms with Gasteiger partial charge in [-0.25, -0.2) is 9.50 Å². The Morgan fingerprint density at radius 2 is 2.00 bits per heavy atom. The number of esters is 1. The van der Waals surface area contributed by atoms with E-state index in [0.717, 1.165) is 29.0 Å². The van der Waals surface area contributed by atoms with Crippen molar-refractivity contribution in [3.8, 4) is 11.3 Å². The average Bonchev–Trinajstić information content (AvgIpc) is 2.98. The van der Waals surface area contributed by atoms with E-state index >= 15 is 0 Å². The Labute approximate surface area is 134 Å². The van der Waals surface area contributed by atoms with Crippen molar-refractivity contribution < 1.29 is 9.53 Å². The fourth-order valence-electron chi connectivity index (χ4n) is 2.45. The van der Waals surface area contributed by atoms with Crippen molar-refractivity contribution in [2.75, 3.05) is 6.61 Å². The Morgan fingerprint density at radius 3 is 2.74 bits per heavy atom. The van der Waals surface area contributed by atoms with E-state index < -0.39 is 0 Å². The highest BCUT2D eigenvalue weighted by Gasteiger charge is 2.11. The van der Waals surface area contributed by atoms with Gasteiger partial charge in [0.1, 0.15) is 0 Å². The first-order valence-electron chi connectivity index (χ1n) is 7.74. The molecule has 23 heavy (non-hydrogen) atoms. The lowest BCUT2D eigenvalue weighted by Gasteiger charge is -2.05. The molecule has 0 radical (unpaired) electrons. The molecule has 3 rings (SSSR count). The lowest BCUT2D eigenvalue weighted by Crippen LogP contribution is -2.11. The molecule has 0 aliphatic rings. The number of carbonyl (C=O) groups excluding carboxylic acids is 1. The zero-order chi connectivity index (χ0) is 16.2. The highest BCUT2D eigenvalue weighted by Crippen LogP contribution is 2.19. The summed E-state index contributed by atoms with van der Waals surface area (Å²) >= 11 is 0. The van der Waals surface area contributed by atoms with Crippen molar-refractivity contribution in [1.29, 1.82) is 0 Å². The molecule has 0 spiro atoms. The molecule has 2 heterocycles. The average molecular weight is 309 g/mol. The third-order valence-corrected chi connectivity index (χ3v) is 3.52. The lowest BCUT2D eigenvalue weighted by molar-refractivity contribution is -0.142. The molecule has 0 unspecified atom stereocenters. The van der Waals surface area contributed by atoms with Crippen molar-refractivity contribution in [3.63, 3.8) is 0 Å². The largest absolute Gasteiger partial charge is 0.465 e. The molecule has 0 aliphatic carbocycles. The van der Waals surface area contributed by atoms with Crippen LogP contribution in [0.3, 0.4) is 0 Å². The number of rotatable bonds is 5. The van der Waals surface area contributed by atoms with Crippen LogP contribution in [0.15, 0.2) is 42.5 Å². The third-order valence-electron chi connectivity index (χ3n) is 3.52. The van der Waals surface area contributed by atoms with Gasteiger partial charge in [-0.15, -0.1) is 0 Å². The summed E-state index contributed by atoms with van der Waals surface area (Å²) in [6.07, 6.45) is 1.00. The smallest absolute Gasteiger partial charge is 0.311 e. The van der Waals surface area contributed by atoms with E-state index in [1.165, 1.54) is 0 Å². The molecule has 0 saturated heterocycles. The molecule has 118 valence electrons. The van der Waals surface area contributed by atoms with Gasteiger partial charge in [0.15, 0.2) is 5.65 Å². The number of hydrogen-bond acceptors (Lipinski definition) is 4. The number of ether oxygens (including phenoxy) is 1. The topological polar surface area (TPSA) is 56.5 Å². The number of fused-ring (bicyclic) bond motifs is 1. The van der Waals surface area contributed by atoms with Gasteiger partial charge in [-0.05, 0) is 19.4 Å². The van der Waals surface area contributed by atoms with Crippen molar-refractivity contribution in [3.05, 3.63) is 53.9 Å². The van der Waals surface area contributed by atoms with Gasteiger partial charge in [0.25, 0.3) is 0 Å². The minimum Gasteiger partial charge on any atom is -0.465 e. The van der Waals surface area contributed by atoms with Crippen LogP contribution in [0.25, 0.3) is 16.9 Å². The van der Waals surface area contributed by atoms with E-state index in [9.17, 15) is 4.79 Å². The summed E-state index contributed by atoms with van der Waals surface area (Å²) in [7, 11) is 0. The van der Waals surface area contributed by atoms with Gasteiger partial charge in [0.2, 0.25) is 0 Å². The van der Waals surface area contributed by atoms with Gasteiger partial charge in [-0.1, -0.05) is 37.3 Å². The van der Waals surface area contributed by atoms with E-state index in [-0.39, 0.29) is 12.4 Å². The Balaban J connectivity index is 1.91. The molecular formula is C18H19N3O2. The molecule has 0 fully saturated rings. The molecule has 5 nitrogen and oxygen atoms in total. The molecule has 0 N–H and O–H groups in total. The number of aryl methyl sites for hydroxylation is 1. The van der Waals surface area contributed by atoms with Gasteiger partial charge in [-0.2, -0.15) is 5.10 Å². The summed E-state index contributed by atoms with van der Waals surface area (Å²) in [6, 6.07) is 13.8. The Morgan fingerprint density at radius 1 is 1.22 bits per heavy atom. The van der Waals surface area contributed by atoms with E-state index in [1.807, 2.05) is 56.3 Å². The van der Waals surface area contributed by atoms with E-state index in [2.05, 4.69) is 10.1 Å². The minimum absolute atomic E-state index is 0.184. The van der Waals surface area contributed by atoms with E-state index in [4.69, 9.17) is 4.74 Å². The second-order valence-electron chi connectivity index (χ2n) is 5.45. The maximum absolute atomic E-state index is 11.8. The predicted molar refractivity (Wildman–Crippen MR) is 88.1 cm³/mol. The van der Waals surface area contributed by atoms with Crippen LogP contribution in [0, 0.1) is 6.92 Å². The zero-order valence-corrected chi connectivity index (χ0v) is 13.3. The number of benzene rings is 1. The number of hydrogen-bond donors (Lipinski definition) is 0. The van der Waals surface area contributed by atoms with Crippen LogP contribution in [0.4, 0.5) is 0 Å². The monoisotopic (exact) mass is 309 g/mol. The molecule has 0 saturated carbocycles. The van der Waals surface area contributed by atoms with Gasteiger partial charge < -0.3 is 4.74 Å². The summed E-state index contributed by atoms with van der Waals surface area (Å²) in [4.78, 5) is 16.3. The molecule has 0 amide bonds. The summed E-state index contributed by atoms with van der Waals surface area (Å²) < 4.78 is 6.92. The summed E-state index contributed by atoms with van der Waals surface area (Å²) in [5.41, 5.74) is 4.29. The van der Waals surface area contributed by atoms with Gasteiger partial charge in [0, 0.05) is 17.3 Å².